The number of amides is 8. The lowest BCUT2D eigenvalue weighted by Gasteiger charge is -2.19. The Balaban J connectivity index is 4.67. The second kappa shape index (κ2) is 59.9. The van der Waals surface area contributed by atoms with E-state index in [-0.39, 0.29) is 49.9 Å². The fraction of sp³-hybridized carbons (Fsp3) is 0.839. The molecule has 488 valence electrons. The molecule has 10 N–H and O–H groups in total. The number of rotatable bonds is 62. The van der Waals surface area contributed by atoms with Crippen LogP contribution in [0.4, 0.5) is 0 Å². The van der Waals surface area contributed by atoms with E-state index >= 15 is 0 Å². The Bertz CT molecular complexity index is 1730. The molecule has 0 aliphatic carbocycles. The Labute approximate surface area is 501 Å². The van der Waals surface area contributed by atoms with Gasteiger partial charge in [-0.25, -0.2) is 0 Å². The zero-order valence-corrected chi connectivity index (χ0v) is 51.2. The maximum absolute atomic E-state index is 13.4. The number of nitrogens with two attached hydrogens (primary N) is 1. The molecule has 0 saturated carbocycles. The predicted octanol–water partition coefficient (Wildman–Crippen LogP) is 0.485. The maximum Gasteiger partial charge on any atom is 0.305 e. The summed E-state index contributed by atoms with van der Waals surface area (Å²) in [5.74, 6) is -4.40. The molecule has 0 aliphatic heterocycles. The molecule has 0 unspecified atom stereocenters. The van der Waals surface area contributed by atoms with Gasteiger partial charge in [-0.3, -0.25) is 43.2 Å². The van der Waals surface area contributed by atoms with Crippen LogP contribution in [-0.2, 0) is 85.8 Å². The molecule has 0 aromatic rings. The van der Waals surface area contributed by atoms with E-state index in [1.807, 2.05) is 0 Å². The van der Waals surface area contributed by atoms with Crippen LogP contribution in [0.15, 0.2) is 0 Å². The maximum atomic E-state index is 13.4. The summed E-state index contributed by atoms with van der Waals surface area (Å²) in [5.41, 5.74) is 4.94. The number of hydrogen-bond acceptors (Lipinski definition) is 20. The van der Waals surface area contributed by atoms with Crippen molar-refractivity contribution < 1.29 is 90.9 Å². The number of nitrogens with one attached hydrogen (secondary N) is 7. The normalized spacial score (nSPS) is 11.8. The van der Waals surface area contributed by atoms with Crippen LogP contribution < -0.4 is 43.0 Å². The van der Waals surface area contributed by atoms with Gasteiger partial charge in [-0.15, -0.1) is 0 Å². The number of hydrogen-bond donors (Lipinski definition) is 9. The van der Waals surface area contributed by atoms with E-state index in [1.165, 1.54) is 76.5 Å². The van der Waals surface area contributed by atoms with Gasteiger partial charge < -0.3 is 90.7 Å². The smallest absolute Gasteiger partial charge is 0.305 e. The standard InChI is InChI=1S/C56H104N8O19S/c1-3-4-5-6-7-8-9-10-11-12-13-14-15-20-54(72)83-37-38-84-45-48(64-53(71)44-82-43-52(70)60-23-18-27-77-30-34-79-33-29-75-25-16-21-58-46(2)66)56(74)62-39-50(68)63-47(40-65)55(73)61-24-19-28-78-32-36-80-35-31-76-26-17-22-59-51(69)42-81-41-49(57)67/h47-48,65H,3-45H2,1-2H3,(H2,57,67)(H,58,66)(H,59,69)(H,60,70)(H,61,73)(H,62,74)(H,63,68)(H,64,71)/t47-,48+/m1/s1. The van der Waals surface area contributed by atoms with E-state index < -0.39 is 73.9 Å². The SMILES string of the molecule is CCCCCCCCCCCCCCCC(=O)OCCSC[C@H](NC(=O)COCC(=O)NCCCOCCOCCOCCCNC(C)=O)C(=O)NCC(=O)N[C@H](CO)C(=O)NCCCOCCOCCOCCCNC(=O)COCC(N)=O. The fourth-order valence-electron chi connectivity index (χ4n) is 7.34. The Kier molecular flexibility index (Phi) is 56.5. The highest BCUT2D eigenvalue weighted by Crippen LogP contribution is 2.13. The Morgan fingerprint density at radius 3 is 1.30 bits per heavy atom. The molecule has 0 bridgehead atoms. The van der Waals surface area contributed by atoms with Crippen molar-refractivity contribution in [3.63, 3.8) is 0 Å². The summed E-state index contributed by atoms with van der Waals surface area (Å²) in [5, 5.41) is 27.9. The minimum absolute atomic E-state index is 0.0278. The van der Waals surface area contributed by atoms with Crippen LogP contribution in [0.2, 0.25) is 0 Å². The van der Waals surface area contributed by atoms with E-state index in [0.717, 1.165) is 25.7 Å². The van der Waals surface area contributed by atoms with E-state index in [0.29, 0.717) is 137 Å². The second-order valence-corrected chi connectivity index (χ2v) is 20.6. The van der Waals surface area contributed by atoms with Crippen molar-refractivity contribution in [2.45, 2.75) is 142 Å². The molecule has 0 rings (SSSR count). The summed E-state index contributed by atoms with van der Waals surface area (Å²) < 4.78 is 48.3. The van der Waals surface area contributed by atoms with Crippen molar-refractivity contribution in [2.24, 2.45) is 5.73 Å². The van der Waals surface area contributed by atoms with Crippen molar-refractivity contribution in [3.05, 3.63) is 0 Å². The van der Waals surface area contributed by atoms with Gasteiger partial charge in [0, 0.05) is 77.5 Å². The molecule has 27 nitrogen and oxygen atoms in total. The number of carbonyl (C=O) groups is 9. The third-order valence-electron chi connectivity index (χ3n) is 11.8. The summed E-state index contributed by atoms with van der Waals surface area (Å²) in [7, 11) is 0. The van der Waals surface area contributed by atoms with Crippen LogP contribution in [0, 0.1) is 0 Å². The topological polar surface area (TPSA) is 367 Å². The zero-order chi connectivity index (χ0) is 61.8. The highest BCUT2D eigenvalue weighted by Gasteiger charge is 2.24. The Morgan fingerprint density at radius 1 is 0.429 bits per heavy atom. The Morgan fingerprint density at radius 2 is 0.833 bits per heavy atom. The lowest BCUT2D eigenvalue weighted by atomic mass is 10.0. The summed E-state index contributed by atoms with van der Waals surface area (Å²) in [6.45, 7) is 6.80. The second-order valence-electron chi connectivity index (χ2n) is 19.4. The number of carbonyl (C=O) groups excluding carboxylic acids is 9. The third kappa shape index (κ3) is 56.4. The van der Waals surface area contributed by atoms with E-state index in [1.54, 1.807) is 0 Å². The van der Waals surface area contributed by atoms with Crippen molar-refractivity contribution in [3.8, 4) is 0 Å². The molecule has 84 heavy (non-hydrogen) atoms. The number of aliphatic hydroxyl groups excluding tert-OH is 1. The zero-order valence-electron chi connectivity index (χ0n) is 50.3. The molecular weight excluding hydrogens is 1120 g/mol. The molecule has 0 aromatic heterocycles. The number of ether oxygens (including phenoxy) is 9. The fourth-order valence-corrected chi connectivity index (χ4v) is 8.18. The van der Waals surface area contributed by atoms with Crippen LogP contribution in [0.5, 0.6) is 0 Å². The first-order valence-electron chi connectivity index (χ1n) is 29.9. The van der Waals surface area contributed by atoms with Crippen LogP contribution >= 0.6 is 11.8 Å². The highest BCUT2D eigenvalue weighted by atomic mass is 32.2. The number of thioether (sulfide) groups is 1. The van der Waals surface area contributed by atoms with Gasteiger partial charge >= 0.3 is 5.97 Å². The molecule has 0 fully saturated rings. The summed E-state index contributed by atoms with van der Waals surface area (Å²) >= 11 is 1.23. The lowest BCUT2D eigenvalue weighted by molar-refractivity contribution is -0.143. The monoisotopic (exact) mass is 1220 g/mol. The van der Waals surface area contributed by atoms with E-state index in [9.17, 15) is 48.3 Å². The first kappa shape index (κ1) is 79.2. The van der Waals surface area contributed by atoms with Crippen molar-refractivity contribution in [1.82, 2.24) is 37.2 Å². The molecule has 0 aromatic carbocycles. The molecule has 0 radical (unpaired) electrons. The highest BCUT2D eigenvalue weighted by molar-refractivity contribution is 7.99. The average molecular weight is 1230 g/mol. The molecule has 28 heteroatoms. The molecule has 0 spiro atoms. The number of aliphatic hydroxyl groups is 1. The van der Waals surface area contributed by atoms with Gasteiger partial charge in [0.05, 0.1) is 66.0 Å². The number of esters is 1. The van der Waals surface area contributed by atoms with Crippen LogP contribution in [0.1, 0.15) is 129 Å². The van der Waals surface area contributed by atoms with Gasteiger partial charge in [0.1, 0.15) is 45.1 Å². The number of primary amides is 1. The molecule has 0 saturated heterocycles. The van der Waals surface area contributed by atoms with Gasteiger partial charge in [0.15, 0.2) is 0 Å². The van der Waals surface area contributed by atoms with E-state index in [4.69, 9.17) is 48.4 Å². The van der Waals surface area contributed by atoms with Gasteiger partial charge in [-0.05, 0) is 32.1 Å². The largest absolute Gasteiger partial charge is 0.465 e. The number of unbranched alkanes of at least 4 members (excludes halogenated alkanes) is 12. The van der Waals surface area contributed by atoms with Gasteiger partial charge in [-0.1, -0.05) is 84.0 Å². The quantitative estimate of drug-likeness (QED) is 0.0295. The van der Waals surface area contributed by atoms with Crippen LogP contribution in [0.3, 0.4) is 0 Å². The van der Waals surface area contributed by atoms with Crippen molar-refractivity contribution >= 4 is 65.0 Å². The Hall–Kier alpha value is -4.78. The van der Waals surface area contributed by atoms with E-state index in [2.05, 4.69) is 44.1 Å². The minimum Gasteiger partial charge on any atom is -0.465 e. The summed E-state index contributed by atoms with van der Waals surface area (Å²) in [4.78, 5) is 110. The van der Waals surface area contributed by atoms with Crippen molar-refractivity contribution in [1.29, 1.82) is 0 Å². The van der Waals surface area contributed by atoms with Gasteiger partial charge in [-0.2, -0.15) is 11.8 Å². The third-order valence-corrected chi connectivity index (χ3v) is 12.8. The lowest BCUT2D eigenvalue weighted by Crippen LogP contribution is -2.54. The summed E-state index contributed by atoms with van der Waals surface area (Å²) in [6, 6.07) is -2.49. The predicted molar refractivity (Wildman–Crippen MR) is 314 cm³/mol. The molecule has 0 heterocycles. The first-order valence-corrected chi connectivity index (χ1v) is 31.1. The van der Waals surface area contributed by atoms with Crippen molar-refractivity contribution in [2.75, 3.05) is 163 Å². The summed E-state index contributed by atoms with van der Waals surface area (Å²) in [6.07, 6.45) is 18.1. The molecule has 8 amide bonds. The molecule has 0 aliphatic rings. The average Bonchev–Trinajstić information content (AvgIpc) is 3.47. The van der Waals surface area contributed by atoms with Gasteiger partial charge in [0.2, 0.25) is 47.3 Å². The molecular formula is C56H104N8O19S. The molecule has 2 atom stereocenters. The minimum atomic E-state index is -1.32. The van der Waals surface area contributed by atoms with Gasteiger partial charge in [0.25, 0.3) is 0 Å². The first-order chi connectivity index (χ1) is 40.8. The van der Waals surface area contributed by atoms with Crippen LogP contribution in [-0.4, -0.2) is 234 Å². The van der Waals surface area contributed by atoms with Crippen LogP contribution in [0.25, 0.3) is 0 Å².